The van der Waals surface area contributed by atoms with E-state index < -0.39 is 10.0 Å². The van der Waals surface area contributed by atoms with Gasteiger partial charge in [-0.2, -0.15) is 4.31 Å². The summed E-state index contributed by atoms with van der Waals surface area (Å²) in [7, 11) is -3.53. The number of rotatable bonds is 5. The van der Waals surface area contributed by atoms with Gasteiger partial charge in [0.1, 0.15) is 0 Å². The minimum Gasteiger partial charge on any atom is -0.465 e. The zero-order chi connectivity index (χ0) is 18.8. The highest BCUT2D eigenvalue weighted by atomic mass is 32.2. The molecule has 2 rings (SSSR count). The van der Waals surface area contributed by atoms with Crippen molar-refractivity contribution < 1.29 is 17.9 Å². The third-order valence-corrected chi connectivity index (χ3v) is 6.75. The molecular formula is C19H29NO4S. The molecule has 25 heavy (non-hydrogen) atoms. The van der Waals surface area contributed by atoms with Crippen molar-refractivity contribution in [3.63, 3.8) is 0 Å². The van der Waals surface area contributed by atoms with Crippen molar-refractivity contribution in [2.75, 3.05) is 19.7 Å². The summed E-state index contributed by atoms with van der Waals surface area (Å²) < 4.78 is 32.9. The first-order valence-electron chi connectivity index (χ1n) is 8.87. The van der Waals surface area contributed by atoms with Gasteiger partial charge in [-0.15, -0.1) is 0 Å². The van der Waals surface area contributed by atoms with Crippen LogP contribution in [0.4, 0.5) is 0 Å². The summed E-state index contributed by atoms with van der Waals surface area (Å²) >= 11 is 0. The Balaban J connectivity index is 2.08. The highest BCUT2D eigenvalue weighted by Crippen LogP contribution is 2.29. The topological polar surface area (TPSA) is 63.7 Å². The molecule has 0 N–H and O–H groups in total. The first-order chi connectivity index (χ1) is 11.6. The second kappa shape index (κ2) is 7.87. The van der Waals surface area contributed by atoms with Gasteiger partial charge in [0.25, 0.3) is 0 Å². The zero-order valence-electron chi connectivity index (χ0n) is 15.8. The third-order valence-electron chi connectivity index (χ3n) is 4.55. The van der Waals surface area contributed by atoms with Crippen molar-refractivity contribution in [2.24, 2.45) is 11.8 Å². The van der Waals surface area contributed by atoms with Crippen LogP contribution in [0.25, 0.3) is 0 Å². The maximum absolute atomic E-state index is 13.0. The molecule has 0 aliphatic carbocycles. The lowest BCUT2D eigenvalue weighted by Gasteiger charge is -2.31. The van der Waals surface area contributed by atoms with E-state index in [-0.39, 0.29) is 11.9 Å². The van der Waals surface area contributed by atoms with E-state index in [1.807, 2.05) is 46.8 Å². The summed E-state index contributed by atoms with van der Waals surface area (Å²) in [5.74, 6) is -0.101. The first kappa shape index (κ1) is 19.9. The molecule has 1 aromatic rings. The van der Waals surface area contributed by atoms with Gasteiger partial charge in [-0.05, 0) is 50.7 Å². The Bertz CT molecular complexity index is 709. The molecule has 0 aromatic heterocycles. The lowest BCUT2D eigenvalue weighted by Crippen LogP contribution is -2.41. The molecule has 1 aliphatic rings. The number of ether oxygens (including phenoxy) is 1. The highest BCUT2D eigenvalue weighted by Gasteiger charge is 2.34. The molecule has 0 bridgehead atoms. The zero-order valence-corrected chi connectivity index (χ0v) is 16.6. The molecule has 0 saturated carbocycles. The average Bonchev–Trinajstić information content (AvgIpc) is 2.51. The molecule has 6 heteroatoms. The van der Waals surface area contributed by atoms with Crippen LogP contribution in [0.3, 0.4) is 0 Å². The fourth-order valence-corrected chi connectivity index (χ4v) is 5.28. The standard InChI is InChI=1S/C19H29NO4S/c1-13(2)12-24-19(21)17-6-8-20(9-7-17)25(22,23)18-15(4)10-14(3)11-16(18)5/h10-11,13,17H,6-9,12H2,1-5H3. The number of aryl methyl sites for hydroxylation is 3. The van der Waals surface area contributed by atoms with E-state index in [1.165, 1.54) is 4.31 Å². The van der Waals surface area contributed by atoms with Gasteiger partial charge < -0.3 is 4.74 Å². The molecule has 1 saturated heterocycles. The van der Waals surface area contributed by atoms with Crippen LogP contribution in [0, 0.1) is 32.6 Å². The van der Waals surface area contributed by atoms with Crippen LogP contribution < -0.4 is 0 Å². The lowest BCUT2D eigenvalue weighted by atomic mass is 9.98. The Morgan fingerprint density at radius 3 is 2.16 bits per heavy atom. The Kier molecular flexibility index (Phi) is 6.27. The van der Waals surface area contributed by atoms with Crippen LogP contribution in [0.2, 0.25) is 0 Å². The Morgan fingerprint density at radius 1 is 1.16 bits per heavy atom. The van der Waals surface area contributed by atoms with Crippen molar-refractivity contribution in [1.29, 1.82) is 0 Å². The van der Waals surface area contributed by atoms with Crippen LogP contribution in [0.1, 0.15) is 43.4 Å². The van der Waals surface area contributed by atoms with E-state index in [9.17, 15) is 13.2 Å². The van der Waals surface area contributed by atoms with Crippen LogP contribution in [0.15, 0.2) is 17.0 Å². The van der Waals surface area contributed by atoms with Gasteiger partial charge in [-0.3, -0.25) is 4.79 Å². The van der Waals surface area contributed by atoms with Gasteiger partial charge in [-0.25, -0.2) is 8.42 Å². The number of hydrogen-bond donors (Lipinski definition) is 0. The number of esters is 1. The fraction of sp³-hybridized carbons (Fsp3) is 0.632. The second-order valence-electron chi connectivity index (χ2n) is 7.43. The van der Waals surface area contributed by atoms with Crippen LogP contribution in [0.5, 0.6) is 0 Å². The predicted octanol–water partition coefficient (Wildman–Crippen LogP) is 3.21. The molecule has 0 radical (unpaired) electrons. The predicted molar refractivity (Wildman–Crippen MR) is 97.9 cm³/mol. The number of carbonyl (C=O) groups is 1. The maximum atomic E-state index is 13.0. The molecule has 140 valence electrons. The summed E-state index contributed by atoms with van der Waals surface area (Å²) in [6.45, 7) is 10.8. The number of carbonyl (C=O) groups excluding carboxylic acids is 1. The van der Waals surface area contributed by atoms with Crippen molar-refractivity contribution in [2.45, 2.75) is 52.4 Å². The van der Waals surface area contributed by atoms with E-state index in [1.54, 1.807) is 0 Å². The first-order valence-corrected chi connectivity index (χ1v) is 10.3. The van der Waals surface area contributed by atoms with Gasteiger partial charge in [0.2, 0.25) is 10.0 Å². The normalized spacial score (nSPS) is 17.0. The molecule has 0 spiro atoms. The van der Waals surface area contributed by atoms with Gasteiger partial charge in [0, 0.05) is 13.1 Å². The maximum Gasteiger partial charge on any atom is 0.309 e. The van der Waals surface area contributed by atoms with E-state index in [0.717, 1.165) is 16.7 Å². The number of piperidine rings is 1. The molecule has 0 atom stereocenters. The molecule has 5 nitrogen and oxygen atoms in total. The summed E-state index contributed by atoms with van der Waals surface area (Å²) in [4.78, 5) is 12.5. The molecule has 0 unspecified atom stereocenters. The van der Waals surface area contributed by atoms with E-state index in [0.29, 0.717) is 43.4 Å². The van der Waals surface area contributed by atoms with Crippen molar-refractivity contribution in [1.82, 2.24) is 4.31 Å². The van der Waals surface area contributed by atoms with E-state index in [2.05, 4.69) is 0 Å². The summed E-state index contributed by atoms with van der Waals surface area (Å²) in [6, 6.07) is 3.80. The van der Waals surface area contributed by atoms with Crippen LogP contribution in [-0.2, 0) is 19.6 Å². The van der Waals surface area contributed by atoms with Gasteiger partial charge >= 0.3 is 5.97 Å². The quantitative estimate of drug-likeness (QED) is 0.750. The SMILES string of the molecule is Cc1cc(C)c(S(=O)(=O)N2CCC(C(=O)OCC(C)C)CC2)c(C)c1. The minimum absolute atomic E-state index is 0.201. The van der Waals surface area contributed by atoms with Crippen LogP contribution >= 0.6 is 0 Å². The van der Waals surface area contributed by atoms with Gasteiger partial charge in [0.15, 0.2) is 0 Å². The largest absolute Gasteiger partial charge is 0.465 e. The highest BCUT2D eigenvalue weighted by molar-refractivity contribution is 7.89. The summed E-state index contributed by atoms with van der Waals surface area (Å²) in [5.41, 5.74) is 2.60. The monoisotopic (exact) mass is 367 g/mol. The smallest absolute Gasteiger partial charge is 0.309 e. The lowest BCUT2D eigenvalue weighted by molar-refractivity contribution is -0.150. The fourth-order valence-electron chi connectivity index (χ4n) is 3.40. The molecule has 1 heterocycles. The van der Waals surface area contributed by atoms with Gasteiger partial charge in [-0.1, -0.05) is 31.5 Å². The Labute approximate surface area is 151 Å². The van der Waals surface area contributed by atoms with Crippen molar-refractivity contribution in [3.05, 3.63) is 28.8 Å². The minimum atomic E-state index is -3.53. The molecule has 0 amide bonds. The molecule has 1 aliphatic heterocycles. The van der Waals surface area contributed by atoms with E-state index >= 15 is 0 Å². The number of benzene rings is 1. The van der Waals surface area contributed by atoms with Crippen molar-refractivity contribution >= 4 is 16.0 Å². The molecule has 1 aromatic carbocycles. The Hall–Kier alpha value is -1.40. The Morgan fingerprint density at radius 2 is 1.68 bits per heavy atom. The molecule has 1 fully saturated rings. The average molecular weight is 368 g/mol. The molecular weight excluding hydrogens is 338 g/mol. The van der Waals surface area contributed by atoms with Gasteiger partial charge in [0.05, 0.1) is 17.4 Å². The number of hydrogen-bond acceptors (Lipinski definition) is 4. The second-order valence-corrected chi connectivity index (χ2v) is 9.30. The van der Waals surface area contributed by atoms with Crippen LogP contribution in [-0.4, -0.2) is 38.4 Å². The summed E-state index contributed by atoms with van der Waals surface area (Å²) in [6.07, 6.45) is 1.03. The van der Waals surface area contributed by atoms with E-state index in [4.69, 9.17) is 4.74 Å². The van der Waals surface area contributed by atoms with Crippen molar-refractivity contribution in [3.8, 4) is 0 Å². The summed E-state index contributed by atoms with van der Waals surface area (Å²) in [5, 5.41) is 0. The third kappa shape index (κ3) is 4.61. The number of nitrogens with zero attached hydrogens (tertiary/aromatic N) is 1. The number of sulfonamides is 1.